The molecule has 3 aromatic rings. The highest BCUT2D eigenvalue weighted by Crippen LogP contribution is 2.31. The van der Waals surface area contributed by atoms with Gasteiger partial charge in [-0.2, -0.15) is 0 Å². The molecule has 0 unspecified atom stereocenters. The summed E-state index contributed by atoms with van der Waals surface area (Å²) in [7, 11) is 0. The number of anilines is 1. The molecule has 0 saturated heterocycles. The first-order valence-electron chi connectivity index (χ1n) is 9.30. The van der Waals surface area contributed by atoms with Crippen LogP contribution in [0.25, 0.3) is 0 Å². The zero-order valence-electron chi connectivity index (χ0n) is 16.9. The zero-order valence-corrected chi connectivity index (χ0v) is 17.7. The number of benzene rings is 1. The molecule has 0 fully saturated rings. The number of hydrogen-bond donors (Lipinski definition) is 1. The van der Waals surface area contributed by atoms with Crippen molar-refractivity contribution < 1.29 is 14.3 Å². The van der Waals surface area contributed by atoms with E-state index in [1.54, 1.807) is 30.6 Å². The van der Waals surface area contributed by atoms with E-state index in [0.29, 0.717) is 35.4 Å². The molecule has 0 bridgehead atoms. The molecule has 0 saturated carbocycles. The van der Waals surface area contributed by atoms with Gasteiger partial charge in [0.05, 0.1) is 6.61 Å². The highest BCUT2D eigenvalue weighted by molar-refractivity contribution is 7.15. The zero-order chi connectivity index (χ0) is 20.9. The van der Waals surface area contributed by atoms with E-state index >= 15 is 0 Å². The topological polar surface area (TPSA) is 86.2 Å². The van der Waals surface area contributed by atoms with Gasteiger partial charge in [0, 0.05) is 23.4 Å². The van der Waals surface area contributed by atoms with Crippen molar-refractivity contribution >= 4 is 22.4 Å². The van der Waals surface area contributed by atoms with Gasteiger partial charge in [0.1, 0.15) is 11.6 Å². The molecule has 8 heteroatoms. The van der Waals surface area contributed by atoms with Gasteiger partial charge in [-0.15, -0.1) is 10.2 Å². The average Bonchev–Trinajstić information content (AvgIpc) is 3.17. The standard InChI is InChI=1S/C21H24N4O3S/c1-5-27-17-12-15(6-7-16(17)28-13-14-8-10-22-11-9-14)18(26)23-20-25-24-19(29-20)21(2,3)4/h6-12H,5,13H2,1-4H3,(H,23,25,26). The Hall–Kier alpha value is -3.00. The molecule has 1 aromatic carbocycles. The van der Waals surface area contributed by atoms with Gasteiger partial charge in [-0.05, 0) is 42.8 Å². The molecular formula is C21H24N4O3S. The van der Waals surface area contributed by atoms with Crippen molar-refractivity contribution in [2.24, 2.45) is 0 Å². The van der Waals surface area contributed by atoms with E-state index in [4.69, 9.17) is 9.47 Å². The third-order valence-electron chi connectivity index (χ3n) is 3.94. The van der Waals surface area contributed by atoms with Gasteiger partial charge in [0.25, 0.3) is 5.91 Å². The quantitative estimate of drug-likeness (QED) is 0.617. The maximum absolute atomic E-state index is 12.6. The van der Waals surface area contributed by atoms with Crippen LogP contribution in [0.2, 0.25) is 0 Å². The molecule has 7 nitrogen and oxygen atoms in total. The summed E-state index contributed by atoms with van der Waals surface area (Å²) in [4.78, 5) is 16.6. The van der Waals surface area contributed by atoms with Gasteiger partial charge in [0.2, 0.25) is 5.13 Å². The Morgan fingerprint density at radius 1 is 1.07 bits per heavy atom. The minimum absolute atomic E-state index is 0.115. The molecule has 152 valence electrons. The lowest BCUT2D eigenvalue weighted by atomic mass is 9.98. The molecule has 1 N–H and O–H groups in total. The van der Waals surface area contributed by atoms with E-state index in [0.717, 1.165) is 10.6 Å². The van der Waals surface area contributed by atoms with Crippen LogP contribution in [0, 0.1) is 0 Å². The van der Waals surface area contributed by atoms with Crippen LogP contribution in [-0.4, -0.2) is 27.7 Å². The van der Waals surface area contributed by atoms with Crippen LogP contribution in [0.3, 0.4) is 0 Å². The summed E-state index contributed by atoms with van der Waals surface area (Å²) < 4.78 is 11.5. The minimum atomic E-state index is -0.275. The molecule has 2 aromatic heterocycles. The molecule has 0 spiro atoms. The predicted octanol–water partition coefficient (Wildman–Crippen LogP) is 4.46. The van der Waals surface area contributed by atoms with Crippen molar-refractivity contribution in [2.75, 3.05) is 11.9 Å². The fraction of sp³-hybridized carbons (Fsp3) is 0.333. The highest BCUT2D eigenvalue weighted by Gasteiger charge is 2.20. The van der Waals surface area contributed by atoms with Crippen molar-refractivity contribution in [1.29, 1.82) is 0 Å². The average molecular weight is 413 g/mol. The van der Waals surface area contributed by atoms with E-state index in [1.807, 2.05) is 19.1 Å². The number of aromatic nitrogens is 3. The Labute approximate surface area is 174 Å². The molecule has 29 heavy (non-hydrogen) atoms. The second-order valence-corrected chi connectivity index (χ2v) is 8.33. The molecule has 0 radical (unpaired) electrons. The van der Waals surface area contributed by atoms with Crippen LogP contribution >= 0.6 is 11.3 Å². The molecule has 0 aliphatic heterocycles. The first-order chi connectivity index (χ1) is 13.9. The first kappa shape index (κ1) is 20.7. The molecule has 0 aliphatic rings. The van der Waals surface area contributed by atoms with Crippen LogP contribution in [0.15, 0.2) is 42.7 Å². The summed E-state index contributed by atoms with van der Waals surface area (Å²) in [6.07, 6.45) is 3.43. The highest BCUT2D eigenvalue weighted by atomic mass is 32.1. The van der Waals surface area contributed by atoms with Crippen LogP contribution < -0.4 is 14.8 Å². The van der Waals surface area contributed by atoms with E-state index < -0.39 is 0 Å². The van der Waals surface area contributed by atoms with Crippen LogP contribution in [0.4, 0.5) is 5.13 Å². The number of hydrogen-bond acceptors (Lipinski definition) is 7. The monoisotopic (exact) mass is 412 g/mol. The normalized spacial score (nSPS) is 11.2. The van der Waals surface area contributed by atoms with E-state index in [-0.39, 0.29) is 11.3 Å². The van der Waals surface area contributed by atoms with Gasteiger partial charge in [0.15, 0.2) is 11.5 Å². The Bertz CT molecular complexity index is 968. The number of ether oxygens (including phenoxy) is 2. The van der Waals surface area contributed by atoms with Gasteiger partial charge in [-0.1, -0.05) is 32.1 Å². The van der Waals surface area contributed by atoms with E-state index in [9.17, 15) is 4.79 Å². The Balaban J connectivity index is 1.73. The van der Waals surface area contributed by atoms with Crippen molar-refractivity contribution in [1.82, 2.24) is 15.2 Å². The van der Waals surface area contributed by atoms with Gasteiger partial charge in [-0.3, -0.25) is 15.1 Å². The SMILES string of the molecule is CCOc1cc(C(=O)Nc2nnc(C(C)(C)C)s2)ccc1OCc1ccncc1. The smallest absolute Gasteiger partial charge is 0.257 e. The lowest BCUT2D eigenvalue weighted by Crippen LogP contribution is -2.12. The lowest BCUT2D eigenvalue weighted by molar-refractivity contribution is 0.102. The molecule has 0 atom stereocenters. The summed E-state index contributed by atoms with van der Waals surface area (Å²) in [5.74, 6) is 0.816. The molecular weight excluding hydrogens is 388 g/mol. The third kappa shape index (κ3) is 5.51. The second kappa shape index (κ2) is 9.00. The summed E-state index contributed by atoms with van der Waals surface area (Å²) in [6, 6.07) is 8.88. The molecule has 1 amide bonds. The maximum atomic E-state index is 12.6. The van der Waals surface area contributed by atoms with Crippen LogP contribution in [-0.2, 0) is 12.0 Å². The number of nitrogens with one attached hydrogen (secondary N) is 1. The third-order valence-corrected chi connectivity index (χ3v) is 5.20. The Morgan fingerprint density at radius 2 is 1.83 bits per heavy atom. The minimum Gasteiger partial charge on any atom is -0.490 e. The lowest BCUT2D eigenvalue weighted by Gasteiger charge is -2.13. The maximum Gasteiger partial charge on any atom is 0.257 e. The van der Waals surface area contributed by atoms with Crippen molar-refractivity contribution in [3.05, 3.63) is 58.9 Å². The number of carbonyl (C=O) groups excluding carboxylic acids is 1. The van der Waals surface area contributed by atoms with E-state index in [1.165, 1.54) is 11.3 Å². The molecule has 3 rings (SSSR count). The molecule has 2 heterocycles. The van der Waals surface area contributed by atoms with Gasteiger partial charge >= 0.3 is 0 Å². The number of carbonyl (C=O) groups is 1. The summed E-state index contributed by atoms with van der Waals surface area (Å²) in [5.41, 5.74) is 1.34. The van der Waals surface area contributed by atoms with Crippen LogP contribution in [0.5, 0.6) is 11.5 Å². The van der Waals surface area contributed by atoms with Crippen molar-refractivity contribution in [3.63, 3.8) is 0 Å². The fourth-order valence-corrected chi connectivity index (χ4v) is 3.22. The fourth-order valence-electron chi connectivity index (χ4n) is 2.42. The number of nitrogens with zero attached hydrogens (tertiary/aromatic N) is 3. The number of pyridine rings is 1. The largest absolute Gasteiger partial charge is 0.490 e. The number of amides is 1. The second-order valence-electron chi connectivity index (χ2n) is 7.36. The predicted molar refractivity (Wildman–Crippen MR) is 113 cm³/mol. The Morgan fingerprint density at radius 3 is 2.48 bits per heavy atom. The molecule has 0 aliphatic carbocycles. The Kier molecular flexibility index (Phi) is 6.43. The van der Waals surface area contributed by atoms with Crippen molar-refractivity contribution in [2.45, 2.75) is 39.7 Å². The van der Waals surface area contributed by atoms with Crippen molar-refractivity contribution in [3.8, 4) is 11.5 Å². The van der Waals surface area contributed by atoms with Gasteiger partial charge in [-0.25, -0.2) is 0 Å². The number of rotatable bonds is 7. The summed E-state index contributed by atoms with van der Waals surface area (Å²) in [6.45, 7) is 8.89. The summed E-state index contributed by atoms with van der Waals surface area (Å²) >= 11 is 1.37. The van der Waals surface area contributed by atoms with E-state index in [2.05, 4.69) is 41.3 Å². The summed E-state index contributed by atoms with van der Waals surface area (Å²) in [5, 5.41) is 12.3. The van der Waals surface area contributed by atoms with Gasteiger partial charge < -0.3 is 9.47 Å². The first-order valence-corrected chi connectivity index (χ1v) is 10.1. The van der Waals surface area contributed by atoms with Crippen LogP contribution in [0.1, 0.15) is 48.6 Å².